The Kier molecular flexibility index (Phi) is 4.73. The molecule has 6 nitrogen and oxygen atoms in total. The topological polar surface area (TPSA) is 94.2 Å². The van der Waals surface area contributed by atoms with Crippen molar-refractivity contribution in [2.24, 2.45) is 11.1 Å². The summed E-state index contributed by atoms with van der Waals surface area (Å²) >= 11 is 0. The largest absolute Gasteiger partial charge is 0.348 e. The molecule has 1 aromatic heterocycles. The summed E-state index contributed by atoms with van der Waals surface area (Å²) in [5.41, 5.74) is 0.343. The second-order valence-electron chi connectivity index (χ2n) is 5.65. The van der Waals surface area contributed by atoms with Crippen LogP contribution in [0, 0.1) is 5.92 Å². The van der Waals surface area contributed by atoms with Crippen molar-refractivity contribution in [1.29, 1.82) is 0 Å². The lowest BCUT2D eigenvalue weighted by Gasteiger charge is -2.17. The van der Waals surface area contributed by atoms with E-state index in [1.165, 1.54) is 25.1 Å². The van der Waals surface area contributed by atoms with Crippen LogP contribution in [0.15, 0.2) is 17.2 Å². The van der Waals surface area contributed by atoms with Gasteiger partial charge in [0.2, 0.25) is 10.0 Å². The maximum Gasteiger partial charge on any atom is 0.268 e. The van der Waals surface area contributed by atoms with Crippen LogP contribution in [0.25, 0.3) is 0 Å². The SMILES string of the molecule is CCC(CC1CC1)NC(=O)c1cc(S(N)(=O)=O)cn1CC. The van der Waals surface area contributed by atoms with Crippen molar-refractivity contribution in [3.05, 3.63) is 18.0 Å². The Morgan fingerprint density at radius 2 is 2.14 bits per heavy atom. The van der Waals surface area contributed by atoms with Gasteiger partial charge in [-0.15, -0.1) is 0 Å². The van der Waals surface area contributed by atoms with Gasteiger partial charge >= 0.3 is 0 Å². The highest BCUT2D eigenvalue weighted by Crippen LogP contribution is 2.34. The van der Waals surface area contributed by atoms with Crippen molar-refractivity contribution in [3.63, 3.8) is 0 Å². The molecule has 3 N–H and O–H groups in total. The summed E-state index contributed by atoms with van der Waals surface area (Å²) in [6.45, 7) is 4.41. The summed E-state index contributed by atoms with van der Waals surface area (Å²) in [7, 11) is -3.79. The minimum atomic E-state index is -3.79. The Hall–Kier alpha value is -1.34. The van der Waals surface area contributed by atoms with Gasteiger partial charge in [-0.1, -0.05) is 19.8 Å². The molecule has 1 aliphatic rings. The van der Waals surface area contributed by atoms with E-state index < -0.39 is 10.0 Å². The summed E-state index contributed by atoms with van der Waals surface area (Å²) in [5.74, 6) is 0.493. The third kappa shape index (κ3) is 4.07. The average molecular weight is 313 g/mol. The first kappa shape index (κ1) is 16.0. The van der Waals surface area contributed by atoms with E-state index in [1.807, 2.05) is 13.8 Å². The fourth-order valence-corrected chi connectivity index (χ4v) is 2.98. The molecular weight excluding hydrogens is 290 g/mol. The summed E-state index contributed by atoms with van der Waals surface area (Å²) in [4.78, 5) is 12.3. The van der Waals surface area contributed by atoms with E-state index in [9.17, 15) is 13.2 Å². The van der Waals surface area contributed by atoms with Crippen LogP contribution >= 0.6 is 0 Å². The average Bonchev–Trinajstić information content (AvgIpc) is 3.11. The minimum absolute atomic E-state index is 0.0234. The molecule has 21 heavy (non-hydrogen) atoms. The molecule has 1 aliphatic carbocycles. The Morgan fingerprint density at radius 3 is 2.62 bits per heavy atom. The zero-order valence-corrected chi connectivity index (χ0v) is 13.3. The Bertz CT molecular complexity index is 617. The van der Waals surface area contributed by atoms with E-state index in [1.54, 1.807) is 4.57 Å². The number of carbonyl (C=O) groups is 1. The van der Waals surface area contributed by atoms with Crippen molar-refractivity contribution < 1.29 is 13.2 Å². The van der Waals surface area contributed by atoms with Gasteiger partial charge in [-0.05, 0) is 31.7 Å². The lowest BCUT2D eigenvalue weighted by molar-refractivity contribution is 0.0923. The van der Waals surface area contributed by atoms with Crippen LogP contribution in [0.2, 0.25) is 0 Å². The molecule has 1 amide bonds. The lowest BCUT2D eigenvalue weighted by atomic mass is 10.1. The van der Waals surface area contributed by atoms with E-state index in [-0.39, 0.29) is 16.8 Å². The quantitative estimate of drug-likeness (QED) is 0.798. The van der Waals surface area contributed by atoms with Gasteiger partial charge in [0.15, 0.2) is 0 Å². The number of aromatic nitrogens is 1. The zero-order valence-electron chi connectivity index (χ0n) is 12.5. The number of hydrogen-bond donors (Lipinski definition) is 2. The predicted molar refractivity (Wildman–Crippen MR) is 80.4 cm³/mol. The number of aryl methyl sites for hydroxylation is 1. The summed E-state index contributed by atoms with van der Waals surface area (Å²) < 4.78 is 24.4. The van der Waals surface area contributed by atoms with Gasteiger partial charge < -0.3 is 9.88 Å². The fraction of sp³-hybridized carbons (Fsp3) is 0.643. The second kappa shape index (κ2) is 6.19. The van der Waals surface area contributed by atoms with Crippen molar-refractivity contribution in [1.82, 2.24) is 9.88 Å². The van der Waals surface area contributed by atoms with Gasteiger partial charge in [0.05, 0.1) is 0 Å². The Labute approximate surface area is 125 Å². The molecule has 1 heterocycles. The van der Waals surface area contributed by atoms with Gasteiger partial charge in [-0.25, -0.2) is 13.6 Å². The molecule has 7 heteroatoms. The second-order valence-corrected chi connectivity index (χ2v) is 7.21. The molecule has 1 saturated carbocycles. The highest BCUT2D eigenvalue weighted by molar-refractivity contribution is 7.89. The molecule has 1 fully saturated rings. The van der Waals surface area contributed by atoms with E-state index >= 15 is 0 Å². The first-order valence-corrected chi connectivity index (χ1v) is 8.93. The number of carbonyl (C=O) groups excluding carboxylic acids is 1. The van der Waals surface area contributed by atoms with Gasteiger partial charge in [-0.3, -0.25) is 4.79 Å². The number of primary sulfonamides is 1. The highest BCUT2D eigenvalue weighted by Gasteiger charge is 2.26. The predicted octanol–water partition coefficient (Wildman–Crippen LogP) is 1.46. The Balaban J connectivity index is 2.15. The van der Waals surface area contributed by atoms with Crippen LogP contribution in [-0.4, -0.2) is 24.9 Å². The molecule has 0 radical (unpaired) electrons. The van der Waals surface area contributed by atoms with Crippen LogP contribution < -0.4 is 10.5 Å². The van der Waals surface area contributed by atoms with E-state index in [0.29, 0.717) is 12.2 Å². The number of nitrogens with two attached hydrogens (primary N) is 1. The number of amides is 1. The van der Waals surface area contributed by atoms with Crippen molar-refractivity contribution in [3.8, 4) is 0 Å². The first-order valence-electron chi connectivity index (χ1n) is 7.39. The fourth-order valence-electron chi connectivity index (χ4n) is 2.43. The lowest BCUT2D eigenvalue weighted by Crippen LogP contribution is -2.35. The normalized spacial score (nSPS) is 16.7. The number of nitrogens with zero attached hydrogens (tertiary/aromatic N) is 1. The van der Waals surface area contributed by atoms with Gasteiger partial charge in [0.1, 0.15) is 10.6 Å². The molecule has 0 spiro atoms. The van der Waals surface area contributed by atoms with Crippen LogP contribution in [0.1, 0.15) is 50.0 Å². The molecule has 0 aliphatic heterocycles. The summed E-state index contributed by atoms with van der Waals surface area (Å²) in [5, 5.41) is 8.12. The standard InChI is InChI=1S/C14H23N3O3S/c1-3-11(7-10-5-6-10)16-14(18)13-8-12(21(15,19)20)9-17(13)4-2/h8-11H,3-7H2,1-2H3,(H,16,18)(H2,15,19,20). The molecule has 0 bridgehead atoms. The zero-order chi connectivity index (χ0) is 15.6. The number of hydrogen-bond acceptors (Lipinski definition) is 3. The van der Waals surface area contributed by atoms with E-state index in [2.05, 4.69) is 5.32 Å². The molecule has 0 saturated heterocycles. The smallest absolute Gasteiger partial charge is 0.268 e. The van der Waals surface area contributed by atoms with Crippen LogP contribution in [0.3, 0.4) is 0 Å². The van der Waals surface area contributed by atoms with Gasteiger partial charge in [-0.2, -0.15) is 0 Å². The minimum Gasteiger partial charge on any atom is -0.348 e. The van der Waals surface area contributed by atoms with Crippen molar-refractivity contribution in [2.75, 3.05) is 0 Å². The molecule has 1 aromatic rings. The van der Waals surface area contributed by atoms with E-state index in [4.69, 9.17) is 5.14 Å². The van der Waals surface area contributed by atoms with Gasteiger partial charge in [0.25, 0.3) is 5.91 Å². The third-order valence-corrected chi connectivity index (χ3v) is 4.80. The van der Waals surface area contributed by atoms with Gasteiger partial charge in [0, 0.05) is 18.8 Å². The number of sulfonamides is 1. The maximum atomic E-state index is 12.4. The highest BCUT2D eigenvalue weighted by atomic mass is 32.2. The van der Waals surface area contributed by atoms with Crippen LogP contribution in [0.5, 0.6) is 0 Å². The van der Waals surface area contributed by atoms with Crippen LogP contribution in [0.4, 0.5) is 0 Å². The van der Waals surface area contributed by atoms with Crippen molar-refractivity contribution in [2.45, 2.75) is 57.0 Å². The molecule has 2 rings (SSSR count). The summed E-state index contributed by atoms with van der Waals surface area (Å²) in [6, 6.07) is 1.49. The maximum absolute atomic E-state index is 12.4. The molecule has 1 unspecified atom stereocenters. The summed E-state index contributed by atoms with van der Waals surface area (Å²) in [6.07, 6.45) is 5.76. The Morgan fingerprint density at radius 1 is 1.48 bits per heavy atom. The molecule has 0 aromatic carbocycles. The monoisotopic (exact) mass is 313 g/mol. The molecule has 1 atom stereocenters. The number of nitrogens with one attached hydrogen (secondary N) is 1. The first-order chi connectivity index (χ1) is 9.85. The third-order valence-electron chi connectivity index (χ3n) is 3.92. The molecular formula is C14H23N3O3S. The van der Waals surface area contributed by atoms with Crippen LogP contribution in [-0.2, 0) is 16.6 Å². The van der Waals surface area contributed by atoms with Crippen molar-refractivity contribution >= 4 is 15.9 Å². The molecule has 118 valence electrons. The number of rotatable bonds is 7. The van der Waals surface area contributed by atoms with E-state index in [0.717, 1.165) is 18.8 Å².